The average molecular weight is 383 g/mol. The molecule has 24 heavy (non-hydrogen) atoms. The molecule has 122 valence electrons. The molecule has 0 radical (unpaired) electrons. The van der Waals surface area contributed by atoms with Gasteiger partial charge in [0, 0.05) is 27.6 Å². The first-order valence-corrected chi connectivity index (χ1v) is 8.51. The van der Waals surface area contributed by atoms with E-state index in [9.17, 15) is 0 Å². The van der Waals surface area contributed by atoms with Gasteiger partial charge >= 0.3 is 0 Å². The topological polar surface area (TPSA) is 49.8 Å². The van der Waals surface area contributed by atoms with Crippen LogP contribution in [-0.4, -0.2) is 9.97 Å². The van der Waals surface area contributed by atoms with Crippen LogP contribution >= 0.6 is 15.9 Å². The van der Waals surface area contributed by atoms with E-state index in [-0.39, 0.29) is 0 Å². The summed E-state index contributed by atoms with van der Waals surface area (Å²) in [4.78, 5) is 9.01. The van der Waals surface area contributed by atoms with E-state index in [4.69, 9.17) is 0 Å². The average Bonchev–Trinajstić information content (AvgIpc) is 2.53. The molecule has 1 aromatic heterocycles. The van der Waals surface area contributed by atoms with Crippen LogP contribution in [0.2, 0.25) is 0 Å². The minimum atomic E-state index is 0.579. The third kappa shape index (κ3) is 4.11. The van der Waals surface area contributed by atoms with E-state index >= 15 is 0 Å². The number of nitrogens with one attached hydrogen (secondary N) is 2. The maximum absolute atomic E-state index is 4.55. The van der Waals surface area contributed by atoms with Crippen molar-refractivity contribution in [1.29, 1.82) is 0 Å². The van der Waals surface area contributed by atoms with Gasteiger partial charge in [-0.25, -0.2) is 4.98 Å². The zero-order chi connectivity index (χ0) is 17.1. The normalized spacial score (nSPS) is 10.5. The lowest BCUT2D eigenvalue weighted by molar-refractivity contribution is 1.11. The number of rotatable bonds is 4. The van der Waals surface area contributed by atoms with Crippen molar-refractivity contribution < 1.29 is 0 Å². The van der Waals surface area contributed by atoms with Crippen LogP contribution in [0.5, 0.6) is 0 Å². The number of aryl methyl sites for hydroxylation is 3. The summed E-state index contributed by atoms with van der Waals surface area (Å²) in [6.07, 6.45) is 0. The molecule has 0 fully saturated rings. The Hall–Kier alpha value is -2.40. The molecule has 0 aliphatic rings. The maximum atomic E-state index is 4.55. The number of aromatic nitrogens is 2. The van der Waals surface area contributed by atoms with Gasteiger partial charge in [-0.3, -0.25) is 0 Å². The number of nitrogens with zero attached hydrogens (tertiary/aromatic N) is 2. The van der Waals surface area contributed by atoms with Gasteiger partial charge in [0.25, 0.3) is 0 Å². The largest absolute Gasteiger partial charge is 0.340 e. The van der Waals surface area contributed by atoms with Gasteiger partial charge < -0.3 is 10.6 Å². The molecule has 3 rings (SSSR count). The van der Waals surface area contributed by atoms with Crippen molar-refractivity contribution in [3.05, 3.63) is 69.8 Å². The Morgan fingerprint density at radius 3 is 2.21 bits per heavy atom. The fourth-order valence-corrected chi connectivity index (χ4v) is 2.57. The van der Waals surface area contributed by atoms with Crippen LogP contribution in [0.1, 0.15) is 16.8 Å². The van der Waals surface area contributed by atoms with Gasteiger partial charge in [0.2, 0.25) is 5.95 Å². The first-order chi connectivity index (χ1) is 11.5. The van der Waals surface area contributed by atoms with Crippen LogP contribution in [0.3, 0.4) is 0 Å². The molecule has 0 aliphatic carbocycles. The molecule has 3 aromatic rings. The van der Waals surface area contributed by atoms with Crippen molar-refractivity contribution in [3.63, 3.8) is 0 Å². The van der Waals surface area contributed by atoms with Crippen LogP contribution in [0, 0.1) is 20.8 Å². The molecule has 1 heterocycles. The van der Waals surface area contributed by atoms with Gasteiger partial charge in [0.15, 0.2) is 0 Å². The second-order valence-electron chi connectivity index (χ2n) is 5.80. The zero-order valence-electron chi connectivity index (χ0n) is 13.9. The molecule has 2 N–H and O–H groups in total. The van der Waals surface area contributed by atoms with Gasteiger partial charge in [-0.2, -0.15) is 4.98 Å². The highest BCUT2D eigenvalue weighted by molar-refractivity contribution is 9.10. The van der Waals surface area contributed by atoms with Crippen LogP contribution < -0.4 is 10.6 Å². The zero-order valence-corrected chi connectivity index (χ0v) is 15.5. The van der Waals surface area contributed by atoms with E-state index in [1.165, 1.54) is 11.1 Å². The Balaban J connectivity index is 1.82. The molecule has 0 aliphatic heterocycles. The number of halogens is 1. The van der Waals surface area contributed by atoms with E-state index in [0.29, 0.717) is 5.95 Å². The molecule has 0 amide bonds. The maximum Gasteiger partial charge on any atom is 0.229 e. The minimum absolute atomic E-state index is 0.579. The second kappa shape index (κ2) is 7.01. The van der Waals surface area contributed by atoms with Crippen LogP contribution in [0.4, 0.5) is 23.1 Å². The van der Waals surface area contributed by atoms with E-state index in [0.717, 1.165) is 27.4 Å². The summed E-state index contributed by atoms with van der Waals surface area (Å²) in [6, 6.07) is 16.2. The van der Waals surface area contributed by atoms with Crippen molar-refractivity contribution in [3.8, 4) is 0 Å². The number of anilines is 4. The van der Waals surface area contributed by atoms with Crippen molar-refractivity contribution >= 4 is 39.1 Å². The molecule has 0 saturated heterocycles. The summed E-state index contributed by atoms with van der Waals surface area (Å²) in [7, 11) is 0. The quantitative estimate of drug-likeness (QED) is 0.611. The molecule has 0 unspecified atom stereocenters. The Kier molecular flexibility index (Phi) is 4.81. The van der Waals surface area contributed by atoms with Gasteiger partial charge in [0.1, 0.15) is 5.82 Å². The van der Waals surface area contributed by atoms with Crippen molar-refractivity contribution in [2.45, 2.75) is 20.8 Å². The van der Waals surface area contributed by atoms with Gasteiger partial charge in [-0.05, 0) is 56.7 Å². The molecule has 0 bridgehead atoms. The molecule has 5 heteroatoms. The lowest BCUT2D eigenvalue weighted by Crippen LogP contribution is -2.02. The highest BCUT2D eigenvalue weighted by Crippen LogP contribution is 2.23. The number of hydrogen-bond donors (Lipinski definition) is 2. The molecule has 0 saturated carbocycles. The molecular formula is C19H19BrN4. The molecule has 0 atom stereocenters. The Morgan fingerprint density at radius 2 is 1.50 bits per heavy atom. The number of hydrogen-bond acceptors (Lipinski definition) is 4. The highest BCUT2D eigenvalue weighted by atomic mass is 79.9. The number of benzene rings is 2. The Bertz CT molecular complexity index is 860. The monoisotopic (exact) mass is 382 g/mol. The summed E-state index contributed by atoms with van der Waals surface area (Å²) in [5, 5.41) is 6.59. The van der Waals surface area contributed by atoms with Crippen LogP contribution in [0.25, 0.3) is 0 Å². The van der Waals surface area contributed by atoms with Crippen LogP contribution in [-0.2, 0) is 0 Å². The SMILES string of the molecule is Cc1ccc(Nc2nc(C)cc(Nc3ccc(Br)c(C)c3)n2)cc1. The van der Waals surface area contributed by atoms with E-state index in [1.54, 1.807) is 0 Å². The smallest absolute Gasteiger partial charge is 0.229 e. The predicted octanol–water partition coefficient (Wildman–Crippen LogP) is 5.65. The van der Waals surface area contributed by atoms with Gasteiger partial charge in [-0.15, -0.1) is 0 Å². The summed E-state index contributed by atoms with van der Waals surface area (Å²) >= 11 is 3.52. The summed E-state index contributed by atoms with van der Waals surface area (Å²) in [5.74, 6) is 1.34. The molecular weight excluding hydrogens is 364 g/mol. The van der Waals surface area contributed by atoms with Crippen molar-refractivity contribution in [2.24, 2.45) is 0 Å². The first kappa shape index (κ1) is 16.5. The minimum Gasteiger partial charge on any atom is -0.340 e. The predicted molar refractivity (Wildman–Crippen MR) is 103 cm³/mol. The molecule has 0 spiro atoms. The van der Waals surface area contributed by atoms with E-state index in [1.807, 2.05) is 37.3 Å². The summed E-state index contributed by atoms with van der Waals surface area (Å²) in [5.41, 5.74) is 5.25. The van der Waals surface area contributed by atoms with Gasteiger partial charge in [0.05, 0.1) is 0 Å². The van der Waals surface area contributed by atoms with Gasteiger partial charge in [-0.1, -0.05) is 33.6 Å². The Labute approximate surface area is 150 Å². The Morgan fingerprint density at radius 1 is 0.792 bits per heavy atom. The third-order valence-corrected chi connectivity index (χ3v) is 4.48. The third-order valence-electron chi connectivity index (χ3n) is 3.59. The fraction of sp³-hybridized carbons (Fsp3) is 0.158. The fourth-order valence-electron chi connectivity index (χ4n) is 2.32. The highest BCUT2D eigenvalue weighted by Gasteiger charge is 2.05. The van der Waals surface area contributed by atoms with Crippen molar-refractivity contribution in [1.82, 2.24) is 9.97 Å². The molecule has 2 aromatic carbocycles. The second-order valence-corrected chi connectivity index (χ2v) is 6.65. The summed E-state index contributed by atoms with van der Waals surface area (Å²) < 4.78 is 1.09. The molecule has 4 nitrogen and oxygen atoms in total. The lowest BCUT2D eigenvalue weighted by Gasteiger charge is -2.11. The van der Waals surface area contributed by atoms with Crippen molar-refractivity contribution in [2.75, 3.05) is 10.6 Å². The van der Waals surface area contributed by atoms with Crippen LogP contribution in [0.15, 0.2) is 53.0 Å². The standard InChI is InChI=1S/C19H19BrN4/c1-12-4-6-15(7-5-12)23-19-21-14(3)11-18(24-19)22-16-8-9-17(20)13(2)10-16/h4-11H,1-3H3,(H2,21,22,23,24). The van der Waals surface area contributed by atoms with E-state index in [2.05, 4.69) is 68.6 Å². The van der Waals surface area contributed by atoms with E-state index < -0.39 is 0 Å². The first-order valence-electron chi connectivity index (χ1n) is 7.72. The lowest BCUT2D eigenvalue weighted by atomic mass is 10.2. The summed E-state index contributed by atoms with van der Waals surface area (Å²) in [6.45, 7) is 6.08.